The van der Waals surface area contributed by atoms with Gasteiger partial charge in [-0.25, -0.2) is 0 Å². The van der Waals surface area contributed by atoms with Gasteiger partial charge in [0.25, 0.3) is 5.91 Å². The molecule has 1 aromatic carbocycles. The molecule has 6 nitrogen and oxygen atoms in total. The van der Waals surface area contributed by atoms with Crippen molar-refractivity contribution >= 4 is 23.2 Å². The predicted molar refractivity (Wildman–Crippen MR) is 79.1 cm³/mol. The largest absolute Gasteiger partial charge is 0.481 e. The van der Waals surface area contributed by atoms with Crippen LogP contribution in [0.2, 0.25) is 0 Å². The molecule has 21 heavy (non-hydrogen) atoms. The molecule has 0 atom stereocenters. The van der Waals surface area contributed by atoms with Crippen LogP contribution in [0.4, 0.5) is 11.4 Å². The Labute approximate surface area is 123 Å². The van der Waals surface area contributed by atoms with Gasteiger partial charge in [-0.2, -0.15) is 0 Å². The van der Waals surface area contributed by atoms with Crippen molar-refractivity contribution in [2.45, 2.75) is 31.7 Å². The number of rotatable bonds is 3. The topological polar surface area (TPSA) is 84.7 Å². The van der Waals surface area contributed by atoms with Crippen LogP contribution in [0.5, 0.6) is 5.75 Å². The Morgan fingerprint density at radius 3 is 2.90 bits per heavy atom. The fraction of sp³-hybridized carbons (Fsp3) is 0.467. The number of hydrogen-bond acceptors (Lipinski definition) is 4. The molecule has 1 aliphatic heterocycles. The molecule has 0 bridgehead atoms. The number of nitrogens with zero attached hydrogens (tertiary/aromatic N) is 1. The quantitative estimate of drug-likeness (QED) is 0.815. The van der Waals surface area contributed by atoms with E-state index in [4.69, 9.17) is 10.5 Å². The highest BCUT2D eigenvalue weighted by Gasteiger charge is 2.29. The van der Waals surface area contributed by atoms with Gasteiger partial charge in [-0.05, 0) is 25.0 Å². The Kier molecular flexibility index (Phi) is 3.68. The Morgan fingerprint density at radius 1 is 1.38 bits per heavy atom. The van der Waals surface area contributed by atoms with E-state index in [1.165, 1.54) is 4.90 Å². The highest BCUT2D eigenvalue weighted by atomic mass is 16.5. The van der Waals surface area contributed by atoms with Crippen LogP contribution in [0.3, 0.4) is 0 Å². The van der Waals surface area contributed by atoms with Gasteiger partial charge in [-0.3, -0.25) is 14.5 Å². The SMILES string of the molecule is Nc1cccc2c1N(CC(=O)NC1CCCC1)C(=O)CO2. The Morgan fingerprint density at radius 2 is 2.14 bits per heavy atom. The minimum atomic E-state index is -0.248. The third kappa shape index (κ3) is 2.79. The summed E-state index contributed by atoms with van der Waals surface area (Å²) in [6.45, 7) is -0.0763. The number of nitrogens with two attached hydrogens (primary N) is 1. The van der Waals surface area contributed by atoms with Crippen LogP contribution in [0, 0.1) is 0 Å². The van der Waals surface area contributed by atoms with E-state index >= 15 is 0 Å². The standard InChI is InChI=1S/C15H19N3O3/c16-11-6-3-7-12-15(11)18(14(20)9-21-12)8-13(19)17-10-4-1-2-5-10/h3,6-7,10H,1-2,4-5,8-9,16H2,(H,17,19). The molecular weight excluding hydrogens is 270 g/mol. The molecule has 3 N–H and O–H groups in total. The highest BCUT2D eigenvalue weighted by molar-refractivity contribution is 6.04. The molecule has 1 aliphatic carbocycles. The van der Waals surface area contributed by atoms with E-state index in [9.17, 15) is 9.59 Å². The van der Waals surface area contributed by atoms with Gasteiger partial charge in [0.1, 0.15) is 18.0 Å². The maximum absolute atomic E-state index is 12.1. The average molecular weight is 289 g/mol. The summed E-state index contributed by atoms with van der Waals surface area (Å²) >= 11 is 0. The van der Waals surface area contributed by atoms with E-state index in [0.29, 0.717) is 17.1 Å². The summed E-state index contributed by atoms with van der Waals surface area (Å²) in [5, 5.41) is 2.98. The van der Waals surface area contributed by atoms with Crippen molar-refractivity contribution in [2.24, 2.45) is 0 Å². The second-order valence-corrected chi connectivity index (χ2v) is 5.51. The molecule has 2 amide bonds. The van der Waals surface area contributed by atoms with Crippen LogP contribution in [0.25, 0.3) is 0 Å². The Hall–Kier alpha value is -2.24. The number of amides is 2. The molecule has 0 spiro atoms. The van der Waals surface area contributed by atoms with Crippen LogP contribution in [-0.4, -0.2) is 31.0 Å². The summed E-state index contributed by atoms with van der Waals surface area (Å²) in [4.78, 5) is 25.6. The zero-order valence-corrected chi connectivity index (χ0v) is 11.8. The normalized spacial score (nSPS) is 18.3. The first-order valence-electron chi connectivity index (χ1n) is 7.26. The van der Waals surface area contributed by atoms with Gasteiger partial charge in [0, 0.05) is 6.04 Å². The summed E-state index contributed by atoms with van der Waals surface area (Å²) in [5.74, 6) is 0.150. The number of fused-ring (bicyclic) bond motifs is 1. The third-order valence-corrected chi connectivity index (χ3v) is 3.97. The fourth-order valence-corrected chi connectivity index (χ4v) is 2.94. The number of benzene rings is 1. The van der Waals surface area contributed by atoms with E-state index in [0.717, 1.165) is 25.7 Å². The number of hydrogen-bond donors (Lipinski definition) is 2. The molecule has 2 aliphatic rings. The van der Waals surface area contributed by atoms with Crippen LogP contribution in [0.15, 0.2) is 18.2 Å². The number of nitrogen functional groups attached to an aromatic ring is 1. The number of nitrogens with one attached hydrogen (secondary N) is 1. The molecular formula is C15H19N3O3. The van der Waals surface area contributed by atoms with Crippen LogP contribution in [0.1, 0.15) is 25.7 Å². The van der Waals surface area contributed by atoms with E-state index in [1.807, 2.05) is 0 Å². The van der Waals surface area contributed by atoms with E-state index < -0.39 is 0 Å². The van der Waals surface area contributed by atoms with Crippen LogP contribution < -0.4 is 20.7 Å². The van der Waals surface area contributed by atoms with Crippen molar-refractivity contribution in [2.75, 3.05) is 23.8 Å². The molecule has 1 aromatic rings. The molecule has 1 fully saturated rings. The molecule has 6 heteroatoms. The number of carbonyl (C=O) groups is 2. The van der Waals surface area contributed by atoms with E-state index in [-0.39, 0.29) is 31.0 Å². The number of carbonyl (C=O) groups excluding carboxylic acids is 2. The van der Waals surface area contributed by atoms with Crippen LogP contribution >= 0.6 is 0 Å². The third-order valence-electron chi connectivity index (χ3n) is 3.97. The zero-order chi connectivity index (χ0) is 14.8. The molecule has 0 saturated heterocycles. The minimum absolute atomic E-state index is 0.0140. The lowest BCUT2D eigenvalue weighted by atomic mass is 10.2. The monoisotopic (exact) mass is 289 g/mol. The Bertz CT molecular complexity index is 567. The smallest absolute Gasteiger partial charge is 0.265 e. The molecule has 1 heterocycles. The average Bonchev–Trinajstić information content (AvgIpc) is 2.95. The molecule has 112 valence electrons. The van der Waals surface area contributed by atoms with Crippen molar-refractivity contribution < 1.29 is 14.3 Å². The van der Waals surface area contributed by atoms with Gasteiger partial charge in [-0.15, -0.1) is 0 Å². The van der Waals surface area contributed by atoms with Gasteiger partial charge in [0.15, 0.2) is 6.61 Å². The van der Waals surface area contributed by atoms with Gasteiger partial charge >= 0.3 is 0 Å². The molecule has 0 radical (unpaired) electrons. The predicted octanol–water partition coefficient (Wildman–Crippen LogP) is 1.05. The zero-order valence-electron chi connectivity index (χ0n) is 11.8. The maximum Gasteiger partial charge on any atom is 0.265 e. The van der Waals surface area contributed by atoms with Gasteiger partial charge < -0.3 is 15.8 Å². The molecule has 0 aromatic heterocycles. The highest BCUT2D eigenvalue weighted by Crippen LogP contribution is 2.36. The first-order chi connectivity index (χ1) is 10.1. The molecule has 3 rings (SSSR count). The first kappa shape index (κ1) is 13.7. The summed E-state index contributed by atoms with van der Waals surface area (Å²) in [6, 6.07) is 5.45. The summed E-state index contributed by atoms with van der Waals surface area (Å²) in [5.41, 5.74) is 6.86. The lowest BCUT2D eigenvalue weighted by Gasteiger charge is -2.30. The summed E-state index contributed by atoms with van der Waals surface area (Å²) < 4.78 is 5.36. The minimum Gasteiger partial charge on any atom is -0.481 e. The fourth-order valence-electron chi connectivity index (χ4n) is 2.94. The van der Waals surface area contributed by atoms with Gasteiger partial charge in [0.2, 0.25) is 5.91 Å². The van der Waals surface area contributed by atoms with E-state index in [2.05, 4.69) is 5.32 Å². The molecule has 0 unspecified atom stereocenters. The lowest BCUT2D eigenvalue weighted by Crippen LogP contribution is -2.47. The van der Waals surface area contributed by atoms with Gasteiger partial charge in [-0.1, -0.05) is 18.9 Å². The van der Waals surface area contributed by atoms with Crippen LogP contribution in [-0.2, 0) is 9.59 Å². The summed E-state index contributed by atoms with van der Waals surface area (Å²) in [6.07, 6.45) is 4.33. The Balaban J connectivity index is 1.75. The number of para-hydroxylation sites is 1. The van der Waals surface area contributed by atoms with Crippen molar-refractivity contribution in [3.8, 4) is 5.75 Å². The maximum atomic E-state index is 12.1. The second-order valence-electron chi connectivity index (χ2n) is 5.51. The second kappa shape index (κ2) is 5.63. The lowest BCUT2D eigenvalue weighted by molar-refractivity contribution is -0.125. The number of anilines is 2. The van der Waals surface area contributed by atoms with Crippen molar-refractivity contribution in [3.63, 3.8) is 0 Å². The first-order valence-corrected chi connectivity index (χ1v) is 7.26. The van der Waals surface area contributed by atoms with Gasteiger partial charge in [0.05, 0.1) is 5.69 Å². The summed E-state index contributed by atoms with van der Waals surface area (Å²) in [7, 11) is 0. The van der Waals surface area contributed by atoms with Crippen molar-refractivity contribution in [1.29, 1.82) is 0 Å². The number of ether oxygens (including phenoxy) is 1. The van der Waals surface area contributed by atoms with Crippen molar-refractivity contribution in [1.82, 2.24) is 5.32 Å². The molecule has 1 saturated carbocycles. The van der Waals surface area contributed by atoms with E-state index in [1.54, 1.807) is 18.2 Å². The van der Waals surface area contributed by atoms with Crippen molar-refractivity contribution in [3.05, 3.63) is 18.2 Å².